The van der Waals surface area contributed by atoms with Crippen molar-refractivity contribution in [3.8, 4) is 0 Å². The largest absolute Gasteiger partial charge is 0.416 e. The third-order valence-corrected chi connectivity index (χ3v) is 6.22. The van der Waals surface area contributed by atoms with E-state index >= 15 is 0 Å². The van der Waals surface area contributed by atoms with Crippen molar-refractivity contribution in [2.24, 2.45) is 0 Å². The average molecular weight is 448 g/mol. The van der Waals surface area contributed by atoms with E-state index in [-0.39, 0.29) is 23.8 Å². The number of fused-ring (bicyclic) bond motifs is 2. The highest BCUT2D eigenvalue weighted by Gasteiger charge is 2.35. The number of hydrogen-bond donors (Lipinski definition) is 1. The molecule has 0 saturated heterocycles. The normalized spacial score (nSPS) is 15.2. The molecule has 6 nitrogen and oxygen atoms in total. The van der Waals surface area contributed by atoms with E-state index < -0.39 is 23.7 Å². The number of alkyl halides is 3. The SMILES string of the molecule is CC(C(=O)N1CC(=O)Nc2cc(C(F)(F)F)ccc21)N(C)Cc1nc2ccccc2s1. The molecule has 31 heavy (non-hydrogen) atoms. The number of carbonyl (C=O) groups is 2. The van der Waals surface area contributed by atoms with E-state index in [0.717, 1.165) is 27.4 Å². The molecule has 2 amide bonds. The number of thiazole rings is 1. The summed E-state index contributed by atoms with van der Waals surface area (Å²) in [6.07, 6.45) is -4.54. The first kappa shape index (κ1) is 21.3. The molecule has 3 aromatic rings. The second kappa shape index (κ2) is 7.93. The summed E-state index contributed by atoms with van der Waals surface area (Å²) in [7, 11) is 1.77. The maximum Gasteiger partial charge on any atom is 0.416 e. The summed E-state index contributed by atoms with van der Waals surface area (Å²) in [5.74, 6) is -0.916. The molecule has 2 aromatic carbocycles. The molecule has 1 unspecified atom stereocenters. The van der Waals surface area contributed by atoms with Crippen molar-refractivity contribution in [2.45, 2.75) is 25.7 Å². The van der Waals surface area contributed by atoms with Crippen LogP contribution in [0.4, 0.5) is 24.5 Å². The van der Waals surface area contributed by atoms with Gasteiger partial charge < -0.3 is 5.32 Å². The quantitative estimate of drug-likeness (QED) is 0.652. The topological polar surface area (TPSA) is 65.5 Å². The van der Waals surface area contributed by atoms with Crippen molar-refractivity contribution in [3.05, 3.63) is 53.0 Å². The zero-order valence-electron chi connectivity index (χ0n) is 16.7. The summed E-state index contributed by atoms with van der Waals surface area (Å²) < 4.78 is 40.1. The Labute approximate surface area is 180 Å². The summed E-state index contributed by atoms with van der Waals surface area (Å²) in [5, 5.41) is 3.27. The number of amides is 2. The van der Waals surface area contributed by atoms with Crippen molar-refractivity contribution in [1.82, 2.24) is 9.88 Å². The zero-order valence-corrected chi connectivity index (χ0v) is 17.5. The number of para-hydroxylation sites is 1. The smallest absolute Gasteiger partial charge is 0.323 e. The van der Waals surface area contributed by atoms with Crippen molar-refractivity contribution in [3.63, 3.8) is 0 Å². The Balaban J connectivity index is 1.55. The van der Waals surface area contributed by atoms with Gasteiger partial charge in [0.1, 0.15) is 11.6 Å². The van der Waals surface area contributed by atoms with Crippen molar-refractivity contribution < 1.29 is 22.8 Å². The van der Waals surface area contributed by atoms with Gasteiger partial charge in [0.25, 0.3) is 0 Å². The summed E-state index contributed by atoms with van der Waals surface area (Å²) in [6, 6.07) is 10.1. The molecule has 1 aromatic heterocycles. The lowest BCUT2D eigenvalue weighted by atomic mass is 10.1. The lowest BCUT2D eigenvalue weighted by Gasteiger charge is -2.33. The van der Waals surface area contributed by atoms with Crippen LogP contribution in [0.15, 0.2) is 42.5 Å². The van der Waals surface area contributed by atoms with E-state index in [1.54, 1.807) is 18.9 Å². The zero-order chi connectivity index (χ0) is 22.3. The minimum absolute atomic E-state index is 0.0274. The summed E-state index contributed by atoms with van der Waals surface area (Å²) >= 11 is 1.53. The molecular formula is C21H19F3N4O2S. The number of anilines is 2. The molecule has 0 aliphatic carbocycles. The van der Waals surface area contributed by atoms with Gasteiger partial charge in [-0.3, -0.25) is 19.4 Å². The lowest BCUT2D eigenvalue weighted by Crippen LogP contribution is -2.50. The Kier molecular flexibility index (Phi) is 5.44. The number of nitrogens with zero attached hydrogens (tertiary/aromatic N) is 3. The Morgan fingerprint density at radius 1 is 1.29 bits per heavy atom. The Hall–Kier alpha value is -2.98. The molecule has 1 aliphatic heterocycles. The predicted molar refractivity (Wildman–Crippen MR) is 113 cm³/mol. The van der Waals surface area contributed by atoms with E-state index in [1.807, 2.05) is 24.3 Å². The molecule has 1 aliphatic rings. The average Bonchev–Trinajstić information content (AvgIpc) is 3.13. The summed E-state index contributed by atoms with van der Waals surface area (Å²) in [5.41, 5.74) is 0.220. The van der Waals surface area contributed by atoms with Crippen molar-refractivity contribution >= 4 is 44.7 Å². The van der Waals surface area contributed by atoms with Gasteiger partial charge in [0.15, 0.2) is 0 Å². The van der Waals surface area contributed by atoms with Crippen LogP contribution in [0.25, 0.3) is 10.2 Å². The van der Waals surface area contributed by atoms with Gasteiger partial charge >= 0.3 is 6.18 Å². The molecule has 1 atom stereocenters. The van der Waals surface area contributed by atoms with Gasteiger partial charge in [-0.2, -0.15) is 13.2 Å². The van der Waals surface area contributed by atoms with Crippen LogP contribution in [0.5, 0.6) is 0 Å². The first-order valence-electron chi connectivity index (χ1n) is 9.50. The molecule has 4 rings (SSSR count). The molecular weight excluding hydrogens is 429 g/mol. The number of nitrogens with one attached hydrogen (secondary N) is 1. The second-order valence-electron chi connectivity index (χ2n) is 7.37. The fraction of sp³-hybridized carbons (Fsp3) is 0.286. The highest BCUT2D eigenvalue weighted by Crippen LogP contribution is 2.37. The van der Waals surface area contributed by atoms with E-state index in [9.17, 15) is 22.8 Å². The van der Waals surface area contributed by atoms with Crippen LogP contribution in [0.2, 0.25) is 0 Å². The lowest BCUT2D eigenvalue weighted by molar-refractivity contribution is -0.137. The van der Waals surface area contributed by atoms with Crippen LogP contribution in [0.3, 0.4) is 0 Å². The third-order valence-electron chi connectivity index (χ3n) is 5.20. The van der Waals surface area contributed by atoms with E-state index in [4.69, 9.17) is 0 Å². The molecule has 0 fully saturated rings. The van der Waals surface area contributed by atoms with Gasteiger partial charge in [0.05, 0.1) is 39.7 Å². The molecule has 0 saturated carbocycles. The minimum Gasteiger partial charge on any atom is -0.323 e. The van der Waals surface area contributed by atoms with Crippen molar-refractivity contribution in [2.75, 3.05) is 23.8 Å². The van der Waals surface area contributed by atoms with Gasteiger partial charge in [-0.25, -0.2) is 4.98 Å². The Morgan fingerprint density at radius 3 is 2.74 bits per heavy atom. The van der Waals surface area contributed by atoms with E-state index in [0.29, 0.717) is 6.54 Å². The van der Waals surface area contributed by atoms with Crippen LogP contribution < -0.4 is 10.2 Å². The maximum absolute atomic E-state index is 13.2. The molecule has 10 heteroatoms. The van der Waals surface area contributed by atoms with Gasteiger partial charge in [-0.1, -0.05) is 12.1 Å². The highest BCUT2D eigenvalue weighted by atomic mass is 32.1. The van der Waals surface area contributed by atoms with E-state index in [2.05, 4.69) is 10.3 Å². The van der Waals surface area contributed by atoms with Gasteiger partial charge in [-0.05, 0) is 44.3 Å². The summed E-state index contributed by atoms with van der Waals surface area (Å²) in [4.78, 5) is 32.8. The number of hydrogen-bond acceptors (Lipinski definition) is 5. The second-order valence-corrected chi connectivity index (χ2v) is 8.48. The van der Waals surface area contributed by atoms with Gasteiger partial charge in [0, 0.05) is 0 Å². The Morgan fingerprint density at radius 2 is 2.03 bits per heavy atom. The molecule has 0 spiro atoms. The van der Waals surface area contributed by atoms with Crippen LogP contribution in [0, 0.1) is 0 Å². The van der Waals surface area contributed by atoms with Gasteiger partial charge in [-0.15, -0.1) is 11.3 Å². The number of aromatic nitrogens is 1. The molecule has 1 N–H and O–H groups in total. The van der Waals surface area contributed by atoms with Crippen LogP contribution in [0.1, 0.15) is 17.5 Å². The molecule has 2 heterocycles. The number of rotatable bonds is 4. The number of carbonyl (C=O) groups excluding carboxylic acids is 2. The van der Waals surface area contributed by atoms with Crippen LogP contribution >= 0.6 is 11.3 Å². The maximum atomic E-state index is 13.2. The van der Waals surface area contributed by atoms with E-state index in [1.165, 1.54) is 22.3 Å². The number of benzene rings is 2. The first-order valence-corrected chi connectivity index (χ1v) is 10.3. The first-order chi connectivity index (χ1) is 14.6. The standard InChI is InChI=1S/C21H19F3N4O2S/c1-12(27(2)11-19-26-14-5-3-4-6-17(14)31-19)20(30)28-10-18(29)25-15-9-13(21(22,23)24)7-8-16(15)28/h3-9,12H,10-11H2,1-2H3,(H,25,29). The molecule has 0 radical (unpaired) electrons. The number of halogens is 3. The fourth-order valence-corrected chi connectivity index (χ4v) is 4.45. The fourth-order valence-electron chi connectivity index (χ4n) is 3.41. The van der Waals surface area contributed by atoms with Gasteiger partial charge in [0.2, 0.25) is 11.8 Å². The van der Waals surface area contributed by atoms with Crippen LogP contribution in [-0.2, 0) is 22.3 Å². The number of likely N-dealkylation sites (N-methyl/N-ethyl adjacent to an activating group) is 1. The predicted octanol–water partition coefficient (Wildman–Crippen LogP) is 4.12. The summed E-state index contributed by atoms with van der Waals surface area (Å²) in [6.45, 7) is 1.87. The highest BCUT2D eigenvalue weighted by molar-refractivity contribution is 7.18. The monoisotopic (exact) mass is 448 g/mol. The Bertz CT molecular complexity index is 1130. The van der Waals surface area contributed by atoms with Crippen LogP contribution in [-0.4, -0.2) is 41.3 Å². The van der Waals surface area contributed by atoms with Crippen molar-refractivity contribution in [1.29, 1.82) is 0 Å². The minimum atomic E-state index is -4.54. The molecule has 0 bridgehead atoms. The molecule has 162 valence electrons. The third kappa shape index (κ3) is 4.26.